The number of thioether (sulfide) groups is 2. The van der Waals surface area contributed by atoms with Crippen LogP contribution >= 0.6 is 23.5 Å². The van der Waals surface area contributed by atoms with E-state index in [-0.39, 0.29) is 25.0 Å². The predicted molar refractivity (Wildman–Crippen MR) is 313 cm³/mol. The van der Waals surface area contributed by atoms with E-state index < -0.39 is 51.4 Å². The Morgan fingerprint density at radius 1 is 0.519 bits per heavy atom. The zero-order valence-corrected chi connectivity index (χ0v) is 44.6. The largest absolute Gasteiger partial charge is 0.469 e. The molecule has 0 aromatic heterocycles. The number of carbonyl (C=O) groups is 4. The van der Waals surface area contributed by atoms with Gasteiger partial charge in [0.1, 0.15) is 12.1 Å². The van der Waals surface area contributed by atoms with Crippen LogP contribution in [0.1, 0.15) is 57.3 Å². The molecule has 0 aliphatic rings. The average molecular weight is 1060 g/mol. The van der Waals surface area contributed by atoms with Gasteiger partial charge < -0.3 is 25.8 Å². The number of rotatable bonds is 25. The molecule has 0 saturated carbocycles. The van der Waals surface area contributed by atoms with Crippen LogP contribution in [-0.4, -0.2) is 65.6 Å². The number of hydrogen-bond acceptors (Lipinski definition) is 8. The molecule has 0 fully saturated rings. The number of nitrogens with one attached hydrogen (secondary N) is 3. The van der Waals surface area contributed by atoms with Gasteiger partial charge in [-0.25, -0.2) is 0 Å². The van der Waals surface area contributed by atoms with Gasteiger partial charge in [-0.2, -0.15) is 0 Å². The molecule has 8 aromatic carbocycles. The molecule has 3 unspecified atom stereocenters. The zero-order chi connectivity index (χ0) is 53.7. The zero-order valence-electron chi connectivity index (χ0n) is 43.0. The maximum absolute atomic E-state index is 14.9. The van der Waals surface area contributed by atoms with Gasteiger partial charge in [0.2, 0.25) is 17.7 Å². The Labute approximate surface area is 460 Å². The molecule has 0 radical (unpaired) electrons. The lowest BCUT2D eigenvalue weighted by molar-refractivity contribution is -0.139. The van der Waals surface area contributed by atoms with E-state index >= 15 is 0 Å². The Bertz CT molecular complexity index is 2960. The minimum absolute atomic E-state index is 0.00724. The number of aliphatic hydroxyl groups is 1. The van der Waals surface area contributed by atoms with Crippen molar-refractivity contribution in [2.75, 3.05) is 23.9 Å². The van der Waals surface area contributed by atoms with E-state index in [9.17, 15) is 24.3 Å². The first kappa shape index (κ1) is 55.3. The highest BCUT2D eigenvalue weighted by atomic mass is 32.2. The van der Waals surface area contributed by atoms with Crippen LogP contribution in [0.25, 0.3) is 0 Å². The van der Waals surface area contributed by atoms with Crippen LogP contribution in [0.4, 0.5) is 5.69 Å². The van der Waals surface area contributed by atoms with Crippen LogP contribution < -0.4 is 16.0 Å². The molecule has 0 saturated heterocycles. The molecule has 3 amide bonds. The van der Waals surface area contributed by atoms with Crippen molar-refractivity contribution in [2.24, 2.45) is 0 Å². The van der Waals surface area contributed by atoms with Crippen LogP contribution in [0.15, 0.2) is 249 Å². The van der Waals surface area contributed by atoms with Crippen LogP contribution in [-0.2, 0) is 46.3 Å². The van der Waals surface area contributed by atoms with E-state index in [1.807, 2.05) is 121 Å². The van der Waals surface area contributed by atoms with Gasteiger partial charge in [0, 0.05) is 17.9 Å². The molecule has 0 heterocycles. The summed E-state index contributed by atoms with van der Waals surface area (Å²) in [5.41, 5.74) is 8.25. The third-order valence-corrected chi connectivity index (χ3v) is 16.5. The van der Waals surface area contributed by atoms with Crippen LogP contribution in [0, 0.1) is 0 Å². The van der Waals surface area contributed by atoms with Gasteiger partial charge in [-0.15, -0.1) is 23.5 Å². The Morgan fingerprint density at radius 3 is 1.40 bits per heavy atom. The second-order valence-electron chi connectivity index (χ2n) is 18.5. The molecule has 390 valence electrons. The highest BCUT2D eigenvalue weighted by Crippen LogP contribution is 2.50. The van der Waals surface area contributed by atoms with E-state index in [1.54, 1.807) is 30.3 Å². The number of ether oxygens (including phenoxy) is 1. The SMILES string of the molecule is COC(=O)Cc1cccc(NC(=O)C(CSC(c2ccccc2)(c2ccccc2)c2ccccc2)NC(=O)C(Cc2ccccc2)NC(=O)CC(O)C=CCCSC(c2ccccc2)(c2ccccc2)c2ccccc2)c1. The first-order chi connectivity index (χ1) is 37.7. The van der Waals surface area contributed by atoms with E-state index in [0.29, 0.717) is 23.4 Å². The molecule has 0 aliphatic carbocycles. The van der Waals surface area contributed by atoms with Crippen LogP contribution in [0.3, 0.4) is 0 Å². The van der Waals surface area contributed by atoms with E-state index in [2.05, 4.69) is 125 Å². The maximum Gasteiger partial charge on any atom is 0.309 e. The Morgan fingerprint density at radius 2 is 0.948 bits per heavy atom. The molecule has 0 aliphatic heterocycles. The number of carbonyl (C=O) groups excluding carboxylic acids is 4. The number of esters is 1. The summed E-state index contributed by atoms with van der Waals surface area (Å²) < 4.78 is 3.57. The second kappa shape index (κ2) is 27.7. The first-order valence-corrected chi connectivity index (χ1v) is 27.7. The maximum atomic E-state index is 14.9. The molecule has 8 aromatic rings. The number of allylic oxidation sites excluding steroid dienone is 1. The van der Waals surface area contributed by atoms with E-state index in [1.165, 1.54) is 18.9 Å². The summed E-state index contributed by atoms with van der Waals surface area (Å²) >= 11 is 3.33. The fraction of sp³-hybridized carbons (Fsp3) is 0.182. The summed E-state index contributed by atoms with van der Waals surface area (Å²) in [5.74, 6) is -1.23. The first-order valence-electron chi connectivity index (χ1n) is 25.7. The summed E-state index contributed by atoms with van der Waals surface area (Å²) in [5, 5.41) is 20.3. The van der Waals surface area contributed by atoms with Crippen molar-refractivity contribution in [1.82, 2.24) is 10.6 Å². The van der Waals surface area contributed by atoms with E-state index in [0.717, 1.165) is 38.9 Å². The van der Waals surface area contributed by atoms with Gasteiger partial charge in [0.05, 0.1) is 35.5 Å². The second-order valence-corrected chi connectivity index (χ2v) is 21.1. The molecule has 4 N–H and O–H groups in total. The molecular weight excluding hydrogens is 995 g/mol. The standard InChI is InChI=1S/C66H63N3O6S2/c1-75-62(72)46-50-28-25-41-57(44-50)67-64(74)60(48-77-66(54-35-17-6-18-36-54,55-37-19-7-20-38-55)56-39-21-8-22-40-56)69-63(73)59(45-49-26-9-2-10-27-49)68-61(71)47-58(70)42-23-24-43-76-65(51-29-11-3-12-30-51,52-31-13-4-14-32-52)53-33-15-5-16-34-53/h2-23,25-42,44,58-60,70H,24,43,45-48H2,1H3,(H,67,74)(H,68,71)(H,69,73). The summed E-state index contributed by atoms with van der Waals surface area (Å²) in [4.78, 5) is 55.8. The van der Waals surface area contributed by atoms with Crippen molar-refractivity contribution >= 4 is 52.9 Å². The molecule has 0 spiro atoms. The summed E-state index contributed by atoms with van der Waals surface area (Å²) in [6, 6.07) is 75.6. The normalized spacial score (nSPS) is 12.7. The average Bonchev–Trinajstić information content (AvgIpc) is 3.51. The third-order valence-electron chi connectivity index (χ3n) is 13.2. The smallest absolute Gasteiger partial charge is 0.309 e. The minimum atomic E-state index is -1.14. The number of amides is 3. The molecule has 77 heavy (non-hydrogen) atoms. The Kier molecular flexibility index (Phi) is 19.9. The molecule has 8 rings (SSSR count). The number of aliphatic hydroxyl groups excluding tert-OH is 1. The van der Waals surface area contributed by atoms with Crippen molar-refractivity contribution in [3.05, 3.63) is 293 Å². The molecule has 11 heteroatoms. The van der Waals surface area contributed by atoms with Gasteiger partial charge in [0.25, 0.3) is 0 Å². The Hall–Kier alpha value is -7.96. The quantitative estimate of drug-likeness (QED) is 0.0192. The number of benzene rings is 8. The van der Waals surface area contributed by atoms with Crippen molar-refractivity contribution in [3.63, 3.8) is 0 Å². The predicted octanol–water partition coefficient (Wildman–Crippen LogP) is 11.7. The van der Waals surface area contributed by atoms with Gasteiger partial charge in [0.15, 0.2) is 0 Å². The van der Waals surface area contributed by atoms with Crippen molar-refractivity contribution in [2.45, 2.75) is 53.4 Å². The number of methoxy groups -OCH3 is 1. The summed E-state index contributed by atoms with van der Waals surface area (Å²) in [6.07, 6.45) is 2.86. The van der Waals surface area contributed by atoms with Gasteiger partial charge in [-0.1, -0.05) is 237 Å². The fourth-order valence-corrected chi connectivity index (χ4v) is 12.6. The summed E-state index contributed by atoms with van der Waals surface area (Å²) in [7, 11) is 1.32. The van der Waals surface area contributed by atoms with Crippen molar-refractivity contribution in [3.8, 4) is 0 Å². The van der Waals surface area contributed by atoms with Crippen molar-refractivity contribution in [1.29, 1.82) is 0 Å². The topological polar surface area (TPSA) is 134 Å². The van der Waals surface area contributed by atoms with Crippen LogP contribution in [0.2, 0.25) is 0 Å². The molecule has 3 atom stereocenters. The minimum Gasteiger partial charge on any atom is -0.469 e. The fourth-order valence-electron chi connectivity index (χ4n) is 9.53. The van der Waals surface area contributed by atoms with Gasteiger partial charge in [-0.3, -0.25) is 19.2 Å². The third kappa shape index (κ3) is 14.5. The van der Waals surface area contributed by atoms with Crippen LogP contribution in [0.5, 0.6) is 0 Å². The van der Waals surface area contributed by atoms with Gasteiger partial charge in [-0.05, 0) is 68.8 Å². The Balaban J connectivity index is 1.02. The molecule has 0 bridgehead atoms. The van der Waals surface area contributed by atoms with E-state index in [4.69, 9.17) is 4.74 Å². The molecule has 9 nitrogen and oxygen atoms in total. The lowest BCUT2D eigenvalue weighted by Crippen LogP contribution is -2.54. The number of anilines is 1. The number of hydrogen-bond donors (Lipinski definition) is 4. The molecular formula is C66H63N3O6S2. The lowest BCUT2D eigenvalue weighted by atomic mass is 9.84. The highest BCUT2D eigenvalue weighted by Gasteiger charge is 2.40. The highest BCUT2D eigenvalue weighted by molar-refractivity contribution is 8.00. The monoisotopic (exact) mass is 1060 g/mol. The lowest BCUT2D eigenvalue weighted by Gasteiger charge is -2.36. The summed E-state index contributed by atoms with van der Waals surface area (Å²) in [6.45, 7) is 0. The van der Waals surface area contributed by atoms with Gasteiger partial charge >= 0.3 is 5.97 Å². The van der Waals surface area contributed by atoms with Crippen molar-refractivity contribution < 1.29 is 29.0 Å².